The van der Waals surface area contributed by atoms with Gasteiger partial charge >= 0.3 is 0 Å². The maximum Gasteiger partial charge on any atom is 0.158 e. The Hall–Kier alpha value is -1.91. The Labute approximate surface area is 94.5 Å². The van der Waals surface area contributed by atoms with Crippen LogP contribution < -0.4 is 5.32 Å². The average molecular weight is 217 g/mol. The second kappa shape index (κ2) is 4.74. The summed E-state index contributed by atoms with van der Waals surface area (Å²) < 4.78 is 1.74. The van der Waals surface area contributed by atoms with E-state index in [0.29, 0.717) is 0 Å². The number of nitrogens with one attached hydrogen (secondary N) is 1. The summed E-state index contributed by atoms with van der Waals surface area (Å²) in [5.41, 5.74) is 0.974. The Morgan fingerprint density at radius 2 is 2.25 bits per heavy atom. The lowest BCUT2D eigenvalue weighted by atomic mass is 10.4. The first-order valence-corrected chi connectivity index (χ1v) is 5.38. The van der Waals surface area contributed by atoms with Crippen molar-refractivity contribution in [2.75, 3.05) is 11.9 Å². The second-order valence-corrected chi connectivity index (χ2v) is 3.59. The lowest BCUT2D eigenvalue weighted by Gasteiger charge is -2.05. The Kier molecular flexibility index (Phi) is 3.14. The van der Waals surface area contributed by atoms with Gasteiger partial charge in [-0.1, -0.05) is 6.92 Å². The molecule has 0 atom stereocenters. The van der Waals surface area contributed by atoms with Crippen LogP contribution in [0.2, 0.25) is 0 Å². The van der Waals surface area contributed by atoms with Gasteiger partial charge < -0.3 is 5.32 Å². The Bertz CT molecular complexity index is 463. The summed E-state index contributed by atoms with van der Waals surface area (Å²) in [6.45, 7) is 4.98. The molecule has 0 fully saturated rings. The van der Waals surface area contributed by atoms with E-state index in [4.69, 9.17) is 0 Å². The van der Waals surface area contributed by atoms with Crippen molar-refractivity contribution in [1.82, 2.24) is 19.7 Å². The number of rotatable bonds is 4. The highest BCUT2D eigenvalue weighted by molar-refractivity contribution is 5.39. The summed E-state index contributed by atoms with van der Waals surface area (Å²) in [7, 11) is 0. The van der Waals surface area contributed by atoms with Crippen LogP contribution in [0.25, 0.3) is 5.82 Å². The lowest BCUT2D eigenvalue weighted by molar-refractivity contribution is 0.825. The van der Waals surface area contributed by atoms with E-state index < -0.39 is 0 Å². The van der Waals surface area contributed by atoms with Crippen LogP contribution in [0.5, 0.6) is 0 Å². The van der Waals surface area contributed by atoms with Crippen molar-refractivity contribution in [2.24, 2.45) is 0 Å². The van der Waals surface area contributed by atoms with Crippen molar-refractivity contribution in [1.29, 1.82) is 0 Å². The SMILES string of the molecule is CCCNc1cc(-n2ccc(C)n2)ncn1. The van der Waals surface area contributed by atoms with Crippen molar-refractivity contribution < 1.29 is 0 Å². The zero-order valence-corrected chi connectivity index (χ0v) is 9.51. The molecule has 0 saturated heterocycles. The van der Waals surface area contributed by atoms with E-state index in [0.717, 1.165) is 30.3 Å². The topological polar surface area (TPSA) is 55.6 Å². The quantitative estimate of drug-likeness (QED) is 0.848. The molecule has 0 spiro atoms. The number of hydrogen-bond donors (Lipinski definition) is 1. The highest BCUT2D eigenvalue weighted by atomic mass is 15.3. The zero-order valence-electron chi connectivity index (χ0n) is 9.51. The highest BCUT2D eigenvalue weighted by Crippen LogP contribution is 2.08. The molecule has 0 aliphatic rings. The molecule has 5 nitrogen and oxygen atoms in total. The molecule has 2 aromatic heterocycles. The lowest BCUT2D eigenvalue weighted by Crippen LogP contribution is -2.05. The number of aromatic nitrogens is 4. The first-order valence-electron chi connectivity index (χ1n) is 5.38. The summed E-state index contributed by atoms with van der Waals surface area (Å²) in [6.07, 6.45) is 4.51. The first-order chi connectivity index (χ1) is 7.79. The minimum atomic E-state index is 0.779. The van der Waals surface area contributed by atoms with Gasteiger partial charge in [-0.15, -0.1) is 0 Å². The van der Waals surface area contributed by atoms with Crippen LogP contribution >= 0.6 is 0 Å². The molecule has 2 heterocycles. The van der Waals surface area contributed by atoms with Crippen LogP contribution in [0.1, 0.15) is 19.0 Å². The van der Waals surface area contributed by atoms with Crippen molar-refractivity contribution >= 4 is 5.82 Å². The normalized spacial score (nSPS) is 10.4. The third-order valence-electron chi connectivity index (χ3n) is 2.17. The zero-order chi connectivity index (χ0) is 11.4. The predicted molar refractivity (Wildman–Crippen MR) is 62.7 cm³/mol. The summed E-state index contributed by atoms with van der Waals surface area (Å²) in [4.78, 5) is 8.33. The van der Waals surface area contributed by atoms with E-state index in [1.807, 2.05) is 25.3 Å². The van der Waals surface area contributed by atoms with Crippen molar-refractivity contribution in [3.8, 4) is 5.82 Å². The molecule has 1 N–H and O–H groups in total. The maximum absolute atomic E-state index is 4.30. The molecule has 16 heavy (non-hydrogen) atoms. The molecule has 0 amide bonds. The average Bonchev–Trinajstić information content (AvgIpc) is 2.74. The third-order valence-corrected chi connectivity index (χ3v) is 2.17. The van der Waals surface area contributed by atoms with Gasteiger partial charge in [-0.3, -0.25) is 0 Å². The fourth-order valence-corrected chi connectivity index (χ4v) is 1.36. The van der Waals surface area contributed by atoms with Crippen LogP contribution in [-0.2, 0) is 0 Å². The first kappa shape index (κ1) is 10.6. The number of aryl methyl sites for hydroxylation is 1. The van der Waals surface area contributed by atoms with Gasteiger partial charge in [0.05, 0.1) is 5.69 Å². The van der Waals surface area contributed by atoms with Gasteiger partial charge in [0.15, 0.2) is 5.82 Å². The molecule has 0 saturated carbocycles. The number of anilines is 1. The number of nitrogens with zero attached hydrogens (tertiary/aromatic N) is 4. The van der Waals surface area contributed by atoms with Crippen molar-refractivity contribution in [3.05, 3.63) is 30.4 Å². The Balaban J connectivity index is 2.22. The second-order valence-electron chi connectivity index (χ2n) is 3.59. The highest BCUT2D eigenvalue weighted by Gasteiger charge is 2.01. The van der Waals surface area contributed by atoms with Crippen molar-refractivity contribution in [2.45, 2.75) is 20.3 Å². The third kappa shape index (κ3) is 2.36. The fraction of sp³-hybridized carbons (Fsp3) is 0.364. The predicted octanol–water partition coefficient (Wildman–Crippen LogP) is 1.79. The smallest absolute Gasteiger partial charge is 0.158 e. The molecule has 0 aromatic carbocycles. The maximum atomic E-state index is 4.30. The van der Waals surface area contributed by atoms with Gasteiger partial charge in [0, 0.05) is 18.8 Å². The van der Waals surface area contributed by atoms with Gasteiger partial charge in [0.25, 0.3) is 0 Å². The number of hydrogen-bond acceptors (Lipinski definition) is 4. The van der Waals surface area contributed by atoms with Crippen LogP contribution in [0.3, 0.4) is 0 Å². The summed E-state index contributed by atoms with van der Waals surface area (Å²) in [5, 5.41) is 7.52. The van der Waals surface area contributed by atoms with Gasteiger partial charge in [-0.2, -0.15) is 5.10 Å². The van der Waals surface area contributed by atoms with E-state index in [1.54, 1.807) is 11.0 Å². The fourth-order valence-electron chi connectivity index (χ4n) is 1.36. The summed E-state index contributed by atoms with van der Waals surface area (Å²) >= 11 is 0. The molecular formula is C11H15N5. The molecule has 0 radical (unpaired) electrons. The molecule has 0 aliphatic heterocycles. The van der Waals surface area contributed by atoms with E-state index in [2.05, 4.69) is 27.3 Å². The molecule has 5 heteroatoms. The molecule has 0 unspecified atom stereocenters. The van der Waals surface area contributed by atoms with E-state index in [9.17, 15) is 0 Å². The largest absolute Gasteiger partial charge is 0.370 e. The standard InChI is InChI=1S/C11H15N5/c1-3-5-12-10-7-11(14-8-13-10)16-6-4-9(2)15-16/h4,6-8H,3,5H2,1-2H3,(H,12,13,14). The van der Waals surface area contributed by atoms with Crippen LogP contribution in [-0.4, -0.2) is 26.3 Å². The van der Waals surface area contributed by atoms with Crippen molar-refractivity contribution in [3.63, 3.8) is 0 Å². The minimum Gasteiger partial charge on any atom is -0.370 e. The Morgan fingerprint density at radius 3 is 2.94 bits per heavy atom. The van der Waals surface area contributed by atoms with E-state index in [-0.39, 0.29) is 0 Å². The van der Waals surface area contributed by atoms with Gasteiger partial charge in [0.1, 0.15) is 12.1 Å². The Morgan fingerprint density at radius 1 is 1.38 bits per heavy atom. The summed E-state index contributed by atoms with van der Waals surface area (Å²) in [5.74, 6) is 1.61. The molecular weight excluding hydrogens is 202 g/mol. The molecule has 0 bridgehead atoms. The summed E-state index contributed by atoms with van der Waals surface area (Å²) in [6, 6.07) is 3.84. The molecule has 2 aromatic rings. The van der Waals surface area contributed by atoms with E-state index in [1.165, 1.54) is 0 Å². The molecule has 0 aliphatic carbocycles. The van der Waals surface area contributed by atoms with Crippen LogP contribution in [0.4, 0.5) is 5.82 Å². The van der Waals surface area contributed by atoms with Crippen LogP contribution in [0, 0.1) is 6.92 Å². The molecule has 84 valence electrons. The van der Waals surface area contributed by atoms with Gasteiger partial charge in [0.2, 0.25) is 0 Å². The van der Waals surface area contributed by atoms with E-state index >= 15 is 0 Å². The van der Waals surface area contributed by atoms with Gasteiger partial charge in [-0.25, -0.2) is 14.6 Å². The monoisotopic (exact) mass is 217 g/mol. The van der Waals surface area contributed by atoms with Gasteiger partial charge in [-0.05, 0) is 19.4 Å². The van der Waals surface area contributed by atoms with Crippen LogP contribution in [0.15, 0.2) is 24.7 Å². The molecule has 2 rings (SSSR count). The minimum absolute atomic E-state index is 0.779.